The predicted molar refractivity (Wildman–Crippen MR) is 132 cm³/mol. The van der Waals surface area contributed by atoms with Crippen molar-refractivity contribution in [3.63, 3.8) is 0 Å². The zero-order chi connectivity index (χ0) is 27.2. The molecule has 4 N–H and O–H groups in total. The van der Waals surface area contributed by atoms with Crippen LogP contribution in [-0.2, 0) is 23.1 Å². The van der Waals surface area contributed by atoms with Gasteiger partial charge in [0, 0.05) is 7.11 Å². The van der Waals surface area contributed by atoms with Crippen LogP contribution in [0.1, 0.15) is 44.4 Å². The van der Waals surface area contributed by atoms with Crippen molar-refractivity contribution in [3.05, 3.63) is 46.0 Å². The van der Waals surface area contributed by atoms with Gasteiger partial charge in [0.15, 0.2) is 23.8 Å². The maximum Gasteiger partial charge on any atom is 0.472 e. The minimum Gasteiger partial charge on any atom is -0.453 e. The Kier molecular flexibility index (Phi) is 7.39. The lowest BCUT2D eigenvalue weighted by Gasteiger charge is -2.23. The highest BCUT2D eigenvalue weighted by atomic mass is 31.2. The van der Waals surface area contributed by atoms with Gasteiger partial charge in [-0.15, -0.1) is 0 Å². The van der Waals surface area contributed by atoms with Gasteiger partial charge < -0.3 is 25.2 Å². The number of benzene rings is 1. The van der Waals surface area contributed by atoms with Gasteiger partial charge in [0.1, 0.15) is 24.1 Å². The van der Waals surface area contributed by atoms with Crippen molar-refractivity contribution in [2.45, 2.75) is 59.2 Å². The number of aliphatic hydroxyl groups excluding tert-OH is 1. The summed E-state index contributed by atoms with van der Waals surface area (Å²) in [6.07, 6.45) is -2.35. The minimum atomic E-state index is -4.38. The summed E-state index contributed by atoms with van der Waals surface area (Å²) in [5.74, 6) is -0.531. The molecule has 0 saturated carbocycles. The number of aliphatic hydroxyl groups is 1. The van der Waals surface area contributed by atoms with E-state index in [1.54, 1.807) is 0 Å². The Labute approximate surface area is 213 Å². The summed E-state index contributed by atoms with van der Waals surface area (Å²) in [5.41, 5.74) is 11.3. The molecule has 4 rings (SSSR count). The van der Waals surface area contributed by atoms with Gasteiger partial charge in [0.2, 0.25) is 0 Å². The molecule has 5 atom stereocenters. The summed E-state index contributed by atoms with van der Waals surface area (Å²) in [7, 11) is -3.37. The zero-order valence-corrected chi connectivity index (χ0v) is 22.2. The molecule has 13 nitrogen and oxygen atoms in total. The molecule has 37 heavy (non-hydrogen) atoms. The maximum atomic E-state index is 13.4. The number of anilines is 1. The molecule has 1 saturated heterocycles. The van der Waals surface area contributed by atoms with Crippen LogP contribution in [0, 0.1) is 34.6 Å². The lowest BCUT2D eigenvalue weighted by molar-refractivity contribution is -0.0526. The number of nitrogen functional groups attached to an aromatic ring is 1. The number of nitrogens with zero attached hydrogens (tertiary/aromatic N) is 4. The summed E-state index contributed by atoms with van der Waals surface area (Å²) in [6.45, 7) is 8.99. The van der Waals surface area contributed by atoms with E-state index >= 15 is 0 Å². The number of phosphoric ester groups is 1. The molecule has 3 aromatic rings. The average molecular weight is 535 g/mol. The lowest BCUT2D eigenvalue weighted by Crippen LogP contribution is -2.38. The van der Waals surface area contributed by atoms with Gasteiger partial charge >= 0.3 is 13.8 Å². The summed E-state index contributed by atoms with van der Waals surface area (Å²) >= 11 is 0. The highest BCUT2D eigenvalue weighted by Crippen LogP contribution is 2.44. The second-order valence-electron chi connectivity index (χ2n) is 8.96. The SMILES string of the molecule is COP(=O)(O)OC[C@H]1O[C@@H](n2cnc3c(N)ncnc32)C(O)[C@H]1OC(=O)c1c(C)c(C)c(C)c(C)c1C. The number of ether oxygens (including phenoxy) is 2. The van der Waals surface area contributed by atoms with Gasteiger partial charge in [-0.2, -0.15) is 0 Å². The third kappa shape index (κ3) is 4.86. The van der Waals surface area contributed by atoms with Gasteiger partial charge in [0.05, 0.1) is 18.5 Å². The fourth-order valence-electron chi connectivity index (χ4n) is 4.49. The molecule has 14 heteroatoms. The molecule has 0 aliphatic carbocycles. The van der Waals surface area contributed by atoms with E-state index in [0.717, 1.165) is 34.9 Å². The van der Waals surface area contributed by atoms with Gasteiger partial charge in [-0.3, -0.25) is 13.6 Å². The number of fused-ring (bicyclic) bond motifs is 1. The van der Waals surface area contributed by atoms with E-state index in [9.17, 15) is 19.4 Å². The first-order valence-electron chi connectivity index (χ1n) is 11.5. The molecule has 0 bridgehead atoms. The number of aromatic nitrogens is 4. The highest BCUT2D eigenvalue weighted by Gasteiger charge is 2.49. The van der Waals surface area contributed by atoms with Crippen LogP contribution >= 0.6 is 7.82 Å². The van der Waals surface area contributed by atoms with Crippen LogP contribution in [-0.4, -0.2) is 67.5 Å². The molecule has 2 unspecified atom stereocenters. The smallest absolute Gasteiger partial charge is 0.453 e. The number of phosphoric acid groups is 1. The van der Waals surface area contributed by atoms with Crippen molar-refractivity contribution in [1.82, 2.24) is 19.5 Å². The van der Waals surface area contributed by atoms with Crippen molar-refractivity contribution < 1.29 is 37.9 Å². The minimum absolute atomic E-state index is 0.136. The Morgan fingerprint density at radius 1 is 1.11 bits per heavy atom. The van der Waals surface area contributed by atoms with Crippen LogP contribution < -0.4 is 5.73 Å². The van der Waals surface area contributed by atoms with Gasteiger partial charge in [0.25, 0.3) is 0 Å². The van der Waals surface area contributed by atoms with Gasteiger partial charge in [-0.25, -0.2) is 24.3 Å². The van der Waals surface area contributed by atoms with Crippen LogP contribution in [0.3, 0.4) is 0 Å². The number of rotatable bonds is 7. The van der Waals surface area contributed by atoms with Crippen molar-refractivity contribution in [2.75, 3.05) is 19.5 Å². The zero-order valence-electron chi connectivity index (χ0n) is 21.3. The number of esters is 1. The fourth-order valence-corrected chi connectivity index (χ4v) is 4.94. The monoisotopic (exact) mass is 535 g/mol. The van der Waals surface area contributed by atoms with E-state index in [4.69, 9.17) is 19.7 Å². The first-order valence-corrected chi connectivity index (χ1v) is 12.9. The normalized spacial score (nSPS) is 23.4. The molecule has 1 fully saturated rings. The molecule has 3 heterocycles. The Morgan fingerprint density at radius 3 is 2.35 bits per heavy atom. The Morgan fingerprint density at radius 2 is 1.73 bits per heavy atom. The summed E-state index contributed by atoms with van der Waals surface area (Å²) in [6, 6.07) is 0. The first-order chi connectivity index (χ1) is 17.4. The molecule has 0 spiro atoms. The number of hydrogen-bond donors (Lipinski definition) is 3. The van der Waals surface area contributed by atoms with Crippen LogP contribution in [0.4, 0.5) is 5.82 Å². The highest BCUT2D eigenvalue weighted by molar-refractivity contribution is 7.47. The molecule has 0 amide bonds. The molecular weight excluding hydrogens is 505 g/mol. The van der Waals surface area contributed by atoms with Crippen LogP contribution in [0.5, 0.6) is 0 Å². The largest absolute Gasteiger partial charge is 0.472 e. The van der Waals surface area contributed by atoms with E-state index in [1.807, 2.05) is 34.6 Å². The molecule has 1 aromatic carbocycles. The molecule has 2 aromatic heterocycles. The Balaban J connectivity index is 1.69. The third-order valence-electron chi connectivity index (χ3n) is 7.05. The van der Waals surface area contributed by atoms with Crippen molar-refractivity contribution in [2.24, 2.45) is 0 Å². The number of imidazole rings is 1. The second kappa shape index (κ2) is 10.1. The summed E-state index contributed by atoms with van der Waals surface area (Å²) in [4.78, 5) is 35.4. The predicted octanol–water partition coefficient (Wildman–Crippen LogP) is 2.20. The lowest BCUT2D eigenvalue weighted by atomic mass is 9.89. The number of carbonyl (C=O) groups excluding carboxylic acids is 1. The fraction of sp³-hybridized carbons (Fsp3) is 0.478. The average Bonchev–Trinajstić information content (AvgIpc) is 3.42. The molecule has 1 aliphatic rings. The van der Waals surface area contributed by atoms with E-state index in [-0.39, 0.29) is 11.5 Å². The summed E-state index contributed by atoms with van der Waals surface area (Å²) in [5, 5.41) is 11.3. The van der Waals surface area contributed by atoms with Crippen molar-refractivity contribution >= 4 is 30.8 Å². The van der Waals surface area contributed by atoms with Crippen molar-refractivity contribution in [1.29, 1.82) is 0 Å². The first kappa shape index (κ1) is 27.1. The van der Waals surface area contributed by atoms with E-state index < -0.39 is 44.9 Å². The molecule has 200 valence electrons. The molecule has 1 aliphatic heterocycles. The number of hydrogen-bond acceptors (Lipinski definition) is 11. The Bertz CT molecular complexity index is 1380. The van der Waals surface area contributed by atoms with Gasteiger partial charge in [-0.05, 0) is 62.4 Å². The maximum absolute atomic E-state index is 13.4. The van der Waals surface area contributed by atoms with Crippen LogP contribution in [0.15, 0.2) is 12.7 Å². The molecule has 0 radical (unpaired) electrons. The number of carbonyl (C=O) groups is 1. The standard InChI is InChI=1S/C23H30N5O8P/c1-10-11(2)13(4)16(14(5)12(10)3)23(30)36-19-15(7-34-37(31,32)33-6)35-22(18(19)29)28-9-27-17-20(24)25-8-26-21(17)28/h8-9,15,18-19,22,29H,7H2,1-6H3,(H,31,32)(H2,24,25,26)/t15-,18?,19+,22-/m1/s1. The van der Waals surface area contributed by atoms with Crippen molar-refractivity contribution in [3.8, 4) is 0 Å². The van der Waals surface area contributed by atoms with Crippen LogP contribution in [0.2, 0.25) is 0 Å². The van der Waals surface area contributed by atoms with Gasteiger partial charge in [-0.1, -0.05) is 0 Å². The van der Waals surface area contributed by atoms with Crippen LogP contribution in [0.25, 0.3) is 11.2 Å². The topological polar surface area (TPSA) is 181 Å². The Hall–Kier alpha value is -2.93. The number of nitrogens with two attached hydrogens (primary N) is 1. The second-order valence-corrected chi connectivity index (χ2v) is 10.5. The summed E-state index contributed by atoms with van der Waals surface area (Å²) < 4.78 is 34.6. The van der Waals surface area contributed by atoms with E-state index in [0.29, 0.717) is 11.1 Å². The van der Waals surface area contributed by atoms with E-state index in [1.165, 1.54) is 17.2 Å². The quantitative estimate of drug-likeness (QED) is 0.297. The third-order valence-corrected chi connectivity index (χ3v) is 7.99. The van der Waals surface area contributed by atoms with E-state index in [2.05, 4.69) is 19.5 Å². The molecular formula is C23H30N5O8P.